The van der Waals surface area contributed by atoms with Crippen LogP contribution in [0.2, 0.25) is 0 Å². The molecule has 0 aliphatic carbocycles. The van der Waals surface area contributed by atoms with Gasteiger partial charge in [-0.15, -0.1) is 0 Å². The number of ether oxygens (including phenoxy) is 2. The van der Waals surface area contributed by atoms with Crippen LogP contribution < -0.4 is 21.3 Å². The molecular formula is C37H40N4O5. The Morgan fingerprint density at radius 2 is 1.48 bits per heavy atom. The number of benzene rings is 4. The number of carbonyl (C=O) groups is 3. The van der Waals surface area contributed by atoms with Crippen molar-refractivity contribution in [2.24, 2.45) is 5.73 Å². The lowest BCUT2D eigenvalue weighted by molar-refractivity contribution is -0.127. The first-order valence-corrected chi connectivity index (χ1v) is 15.5. The Balaban J connectivity index is 1.26. The van der Waals surface area contributed by atoms with E-state index in [0.29, 0.717) is 31.6 Å². The van der Waals surface area contributed by atoms with Crippen molar-refractivity contribution in [3.8, 4) is 0 Å². The van der Waals surface area contributed by atoms with Crippen LogP contribution in [0.25, 0.3) is 0 Å². The minimum atomic E-state index is -1.08. The maximum atomic E-state index is 14.2. The zero-order valence-electron chi connectivity index (χ0n) is 25.9. The number of rotatable bonds is 11. The fraction of sp³-hybridized carbons (Fsp3) is 0.270. The molecule has 1 heterocycles. The third-order valence-corrected chi connectivity index (χ3v) is 8.22. The molecule has 1 fully saturated rings. The molecule has 1 aliphatic rings. The molecule has 4 N–H and O–H groups in total. The van der Waals surface area contributed by atoms with Gasteiger partial charge in [-0.1, -0.05) is 109 Å². The second kappa shape index (κ2) is 15.9. The Kier molecular flexibility index (Phi) is 11.3. The lowest BCUT2D eigenvalue weighted by Gasteiger charge is -2.31. The number of morpholine rings is 1. The number of para-hydroxylation sites is 1. The summed E-state index contributed by atoms with van der Waals surface area (Å²) < 4.78 is 11.2. The largest absolute Gasteiger partial charge is 0.452 e. The van der Waals surface area contributed by atoms with Crippen molar-refractivity contribution in [3.63, 3.8) is 0 Å². The number of imide groups is 1. The Hall–Kier alpha value is -4.83. The van der Waals surface area contributed by atoms with Crippen molar-refractivity contribution in [3.05, 3.63) is 138 Å². The van der Waals surface area contributed by atoms with E-state index in [-0.39, 0.29) is 18.6 Å². The highest BCUT2D eigenvalue weighted by atomic mass is 16.5. The lowest BCUT2D eigenvalue weighted by Crippen LogP contribution is -2.54. The summed E-state index contributed by atoms with van der Waals surface area (Å²) in [5.74, 6) is -1.17. The molecule has 238 valence electrons. The molecule has 9 nitrogen and oxygen atoms in total. The summed E-state index contributed by atoms with van der Waals surface area (Å²) in [4.78, 5) is 41.1. The second-order valence-corrected chi connectivity index (χ2v) is 11.3. The molecule has 1 aliphatic heterocycles. The third kappa shape index (κ3) is 8.06. The van der Waals surface area contributed by atoms with Gasteiger partial charge in [-0.05, 0) is 41.2 Å². The maximum absolute atomic E-state index is 14.2. The summed E-state index contributed by atoms with van der Waals surface area (Å²) in [7, 11) is 1.25. The van der Waals surface area contributed by atoms with Crippen molar-refractivity contribution in [1.82, 2.24) is 10.6 Å². The highest BCUT2D eigenvalue weighted by molar-refractivity contribution is 6.15. The number of nitrogens with zero attached hydrogens (tertiary/aromatic N) is 1. The van der Waals surface area contributed by atoms with Crippen LogP contribution in [-0.4, -0.2) is 56.4 Å². The molecule has 0 unspecified atom stereocenters. The Labute approximate surface area is 269 Å². The van der Waals surface area contributed by atoms with E-state index in [4.69, 9.17) is 15.2 Å². The Bertz CT molecular complexity index is 1540. The number of methoxy groups -OCH3 is 1. The van der Waals surface area contributed by atoms with Gasteiger partial charge in [0.25, 0.3) is 5.91 Å². The van der Waals surface area contributed by atoms with Crippen LogP contribution in [0.5, 0.6) is 0 Å². The van der Waals surface area contributed by atoms with Gasteiger partial charge in [0.15, 0.2) is 0 Å². The predicted molar refractivity (Wildman–Crippen MR) is 177 cm³/mol. The minimum Gasteiger partial charge on any atom is -0.452 e. The molecule has 4 aromatic rings. The van der Waals surface area contributed by atoms with Gasteiger partial charge in [-0.25, -0.2) is 9.69 Å². The van der Waals surface area contributed by atoms with E-state index >= 15 is 0 Å². The molecule has 3 atom stereocenters. The highest BCUT2D eigenvalue weighted by Crippen LogP contribution is 2.31. The van der Waals surface area contributed by atoms with Crippen LogP contribution in [0.1, 0.15) is 34.6 Å². The van der Waals surface area contributed by atoms with Crippen LogP contribution in [0, 0.1) is 0 Å². The average molecular weight is 621 g/mol. The average Bonchev–Trinajstić information content (AvgIpc) is 3.11. The topological polar surface area (TPSA) is 123 Å². The van der Waals surface area contributed by atoms with E-state index < -0.39 is 30.0 Å². The fourth-order valence-electron chi connectivity index (χ4n) is 5.76. The molecule has 4 aromatic carbocycles. The van der Waals surface area contributed by atoms with E-state index in [0.717, 1.165) is 27.2 Å². The molecule has 5 rings (SSSR count). The van der Waals surface area contributed by atoms with Crippen molar-refractivity contribution in [2.75, 3.05) is 25.2 Å². The molecule has 0 radical (unpaired) electrons. The molecule has 0 bridgehead atoms. The Morgan fingerprint density at radius 1 is 0.891 bits per heavy atom. The summed E-state index contributed by atoms with van der Waals surface area (Å²) in [6.07, 6.45) is 0.155. The van der Waals surface area contributed by atoms with E-state index in [1.165, 1.54) is 7.11 Å². The number of hydrogen-bond acceptors (Lipinski definition) is 7. The molecular weight excluding hydrogens is 580 g/mol. The number of nitrogens with two attached hydrogens (primary N) is 1. The second-order valence-electron chi connectivity index (χ2n) is 11.3. The van der Waals surface area contributed by atoms with Crippen LogP contribution in [0.15, 0.2) is 115 Å². The number of anilines is 1. The lowest BCUT2D eigenvalue weighted by atomic mass is 9.84. The summed E-state index contributed by atoms with van der Waals surface area (Å²) in [6.45, 7) is 1.19. The van der Waals surface area contributed by atoms with E-state index in [9.17, 15) is 14.4 Å². The molecule has 9 heteroatoms. The number of aryl methyl sites for hydroxylation is 1. The SMILES string of the molecule is COC(=O)N(C(=O)[C@@H](N)C(c1ccccc1)c1ccccc1)c1ccccc1CC[C@@H]1CN[C@H](C(=O)NCc2ccccc2)CO1. The quantitative estimate of drug-likeness (QED) is 0.225. The normalized spacial score (nSPS) is 16.8. The molecule has 3 amide bonds. The molecule has 0 saturated carbocycles. The predicted octanol–water partition coefficient (Wildman–Crippen LogP) is 4.55. The summed E-state index contributed by atoms with van der Waals surface area (Å²) >= 11 is 0. The van der Waals surface area contributed by atoms with Gasteiger partial charge in [-0.2, -0.15) is 0 Å². The zero-order chi connectivity index (χ0) is 32.3. The Morgan fingerprint density at radius 3 is 2.07 bits per heavy atom. The maximum Gasteiger partial charge on any atom is 0.420 e. The van der Waals surface area contributed by atoms with Gasteiger partial charge in [-0.3, -0.25) is 9.59 Å². The van der Waals surface area contributed by atoms with Crippen LogP contribution in [0.4, 0.5) is 10.5 Å². The molecule has 0 aromatic heterocycles. The van der Waals surface area contributed by atoms with Crippen molar-refractivity contribution in [1.29, 1.82) is 0 Å². The number of hydrogen-bond donors (Lipinski definition) is 3. The van der Waals surface area contributed by atoms with Crippen molar-refractivity contribution >= 4 is 23.6 Å². The smallest absolute Gasteiger partial charge is 0.420 e. The molecule has 0 spiro atoms. The van der Waals surface area contributed by atoms with Gasteiger partial charge in [0.1, 0.15) is 6.04 Å². The number of nitrogens with one attached hydrogen (secondary N) is 2. The zero-order valence-corrected chi connectivity index (χ0v) is 25.9. The van der Waals surface area contributed by atoms with E-state index in [2.05, 4.69) is 10.6 Å². The highest BCUT2D eigenvalue weighted by Gasteiger charge is 2.36. The van der Waals surface area contributed by atoms with Crippen molar-refractivity contribution in [2.45, 2.75) is 43.5 Å². The molecule has 46 heavy (non-hydrogen) atoms. The number of carbonyl (C=O) groups excluding carboxylic acids is 3. The molecule has 1 saturated heterocycles. The van der Waals surface area contributed by atoms with Crippen molar-refractivity contribution < 1.29 is 23.9 Å². The van der Waals surface area contributed by atoms with Gasteiger partial charge in [0.2, 0.25) is 5.91 Å². The first-order valence-electron chi connectivity index (χ1n) is 15.5. The van der Waals surface area contributed by atoms with E-state index in [1.807, 2.05) is 103 Å². The van der Waals surface area contributed by atoms with Crippen LogP contribution in [-0.2, 0) is 32.0 Å². The van der Waals surface area contributed by atoms with Gasteiger partial charge >= 0.3 is 6.09 Å². The van der Waals surface area contributed by atoms with Crippen LogP contribution >= 0.6 is 0 Å². The van der Waals surface area contributed by atoms with Gasteiger partial charge in [0, 0.05) is 19.0 Å². The standard InChI is InChI=1S/C37H40N4O5/c1-45-37(44)41(36(43)34(38)33(28-16-7-3-8-17-28)29-18-9-4-10-19-29)32-20-12-11-15-27(32)21-22-30-24-39-31(25-46-30)35(42)40-23-26-13-5-2-6-14-26/h2-20,30-31,33-34,39H,21-25,38H2,1H3,(H,40,42)/t30-,31+,34+/m1/s1. The van der Waals surface area contributed by atoms with Crippen LogP contribution in [0.3, 0.4) is 0 Å². The summed E-state index contributed by atoms with van der Waals surface area (Å²) in [6, 6.07) is 34.6. The fourth-order valence-corrected chi connectivity index (χ4v) is 5.76. The summed E-state index contributed by atoms with van der Waals surface area (Å²) in [5.41, 5.74) is 10.7. The van der Waals surface area contributed by atoms with Gasteiger partial charge < -0.3 is 25.8 Å². The summed E-state index contributed by atoms with van der Waals surface area (Å²) in [5, 5.41) is 6.24. The van der Waals surface area contributed by atoms with Gasteiger partial charge in [0.05, 0.1) is 31.5 Å². The first kappa shape index (κ1) is 32.6. The minimum absolute atomic E-state index is 0.111. The monoisotopic (exact) mass is 620 g/mol. The van der Waals surface area contributed by atoms with E-state index in [1.54, 1.807) is 12.1 Å². The third-order valence-electron chi connectivity index (χ3n) is 8.22. The first-order chi connectivity index (χ1) is 22.5. The number of amides is 3.